The molecule has 21 heavy (non-hydrogen) atoms. The van der Waals surface area contributed by atoms with Crippen molar-refractivity contribution in [3.8, 4) is 11.3 Å². The molecule has 3 heteroatoms. The number of hydrogen-bond donors (Lipinski definition) is 1. The van der Waals surface area contributed by atoms with Crippen LogP contribution in [0.15, 0.2) is 24.3 Å². The molecule has 0 atom stereocenters. The van der Waals surface area contributed by atoms with Crippen molar-refractivity contribution >= 4 is 11.3 Å². The van der Waals surface area contributed by atoms with Gasteiger partial charge in [0.05, 0.1) is 11.2 Å². The molecule has 110 valence electrons. The van der Waals surface area contributed by atoms with E-state index in [1.165, 1.54) is 58.8 Å². The Hall–Kier alpha value is -1.19. The van der Waals surface area contributed by atoms with Gasteiger partial charge in [0.1, 0.15) is 5.01 Å². The molecule has 1 aromatic heterocycles. The molecule has 1 fully saturated rings. The van der Waals surface area contributed by atoms with Crippen LogP contribution >= 0.6 is 11.3 Å². The molecule has 2 aromatic rings. The monoisotopic (exact) mass is 298 g/mol. The van der Waals surface area contributed by atoms with Crippen LogP contribution in [0.4, 0.5) is 0 Å². The number of thiazole rings is 1. The summed E-state index contributed by atoms with van der Waals surface area (Å²) in [5.74, 6) is 0. The van der Waals surface area contributed by atoms with Gasteiger partial charge in [0.25, 0.3) is 0 Å². The summed E-state index contributed by atoms with van der Waals surface area (Å²) in [4.78, 5) is 6.49. The third kappa shape index (κ3) is 2.33. The molecule has 2 aliphatic rings. The van der Waals surface area contributed by atoms with Crippen LogP contribution in [0.2, 0.25) is 0 Å². The summed E-state index contributed by atoms with van der Waals surface area (Å²) in [7, 11) is 0. The Bertz CT molecular complexity index is 653. The molecule has 0 saturated heterocycles. The van der Waals surface area contributed by atoms with E-state index in [0.717, 1.165) is 19.3 Å². The summed E-state index contributed by atoms with van der Waals surface area (Å²) in [6, 6.07) is 8.75. The van der Waals surface area contributed by atoms with Gasteiger partial charge in [-0.15, -0.1) is 11.3 Å². The fraction of sp³-hybridized carbons (Fsp3) is 0.500. The van der Waals surface area contributed by atoms with Gasteiger partial charge in [0.2, 0.25) is 0 Å². The largest absolute Gasteiger partial charge is 0.319 e. The lowest BCUT2D eigenvalue weighted by Crippen LogP contribution is -2.38. The quantitative estimate of drug-likeness (QED) is 0.846. The van der Waals surface area contributed by atoms with E-state index < -0.39 is 0 Å². The second-order valence-corrected chi connectivity index (χ2v) is 7.60. The number of fused-ring (bicyclic) bond motifs is 3. The Balaban J connectivity index is 1.80. The molecule has 2 N–H and O–H groups in total. The van der Waals surface area contributed by atoms with E-state index in [0.29, 0.717) is 0 Å². The molecule has 0 amide bonds. The minimum absolute atomic E-state index is 0.163. The van der Waals surface area contributed by atoms with E-state index in [9.17, 15) is 0 Å². The molecule has 0 bridgehead atoms. The zero-order chi connectivity index (χ0) is 14.3. The van der Waals surface area contributed by atoms with Crippen LogP contribution in [0.25, 0.3) is 11.3 Å². The second-order valence-electron chi connectivity index (χ2n) is 6.52. The molecule has 0 aliphatic heterocycles. The lowest BCUT2D eigenvalue weighted by Gasteiger charge is -2.31. The zero-order valence-corrected chi connectivity index (χ0v) is 13.2. The number of nitrogens with two attached hydrogens (primary N) is 1. The molecule has 0 unspecified atom stereocenters. The van der Waals surface area contributed by atoms with Gasteiger partial charge in [-0.2, -0.15) is 0 Å². The smallest absolute Gasteiger partial charge is 0.113 e. The number of nitrogens with zero attached hydrogens (tertiary/aromatic N) is 1. The second kappa shape index (κ2) is 5.22. The van der Waals surface area contributed by atoms with Gasteiger partial charge in [-0.25, -0.2) is 4.98 Å². The first kappa shape index (κ1) is 13.5. The molecule has 2 aliphatic carbocycles. The Morgan fingerprint density at radius 2 is 1.81 bits per heavy atom. The standard InChI is InChI=1S/C18H22N2S/c19-18(11-4-1-5-12-18)17-20-16-14-9-3-2-7-13(14)8-6-10-15(16)21-17/h2-3,7,9H,1,4-6,8,10-12,19H2. The molecule has 0 spiro atoms. The number of hydrogen-bond acceptors (Lipinski definition) is 3. The van der Waals surface area contributed by atoms with Crippen LogP contribution in [0, 0.1) is 0 Å². The van der Waals surface area contributed by atoms with Gasteiger partial charge < -0.3 is 5.73 Å². The molecule has 1 heterocycles. The predicted molar refractivity (Wildman–Crippen MR) is 88.5 cm³/mol. The lowest BCUT2D eigenvalue weighted by molar-refractivity contribution is 0.301. The molecule has 0 radical (unpaired) electrons. The summed E-state index contributed by atoms with van der Waals surface area (Å²) in [5.41, 5.74) is 10.5. The summed E-state index contributed by atoms with van der Waals surface area (Å²) < 4.78 is 0. The van der Waals surface area contributed by atoms with Crippen molar-refractivity contribution in [1.29, 1.82) is 0 Å². The van der Waals surface area contributed by atoms with Crippen LogP contribution in [0.5, 0.6) is 0 Å². The first-order chi connectivity index (χ1) is 10.3. The van der Waals surface area contributed by atoms with Crippen molar-refractivity contribution in [3.05, 3.63) is 39.7 Å². The zero-order valence-electron chi connectivity index (χ0n) is 12.4. The normalized spacial score (nSPS) is 20.4. The Labute approximate surface area is 130 Å². The van der Waals surface area contributed by atoms with Gasteiger partial charge >= 0.3 is 0 Å². The van der Waals surface area contributed by atoms with Crippen molar-refractivity contribution in [1.82, 2.24) is 4.98 Å². The molecule has 4 rings (SSSR count). The number of aromatic nitrogens is 1. The van der Waals surface area contributed by atoms with E-state index in [-0.39, 0.29) is 5.54 Å². The Morgan fingerprint density at radius 3 is 2.67 bits per heavy atom. The summed E-state index contributed by atoms with van der Waals surface area (Å²) in [5, 5.41) is 1.18. The fourth-order valence-corrected chi connectivity index (χ4v) is 5.03. The first-order valence-electron chi connectivity index (χ1n) is 8.14. The number of aryl methyl sites for hydroxylation is 2. The highest BCUT2D eigenvalue weighted by molar-refractivity contribution is 7.12. The van der Waals surface area contributed by atoms with E-state index in [4.69, 9.17) is 10.7 Å². The maximum Gasteiger partial charge on any atom is 0.113 e. The van der Waals surface area contributed by atoms with Crippen LogP contribution in [0.3, 0.4) is 0 Å². The highest BCUT2D eigenvalue weighted by Crippen LogP contribution is 2.42. The van der Waals surface area contributed by atoms with Crippen molar-refractivity contribution in [3.63, 3.8) is 0 Å². The first-order valence-corrected chi connectivity index (χ1v) is 8.95. The van der Waals surface area contributed by atoms with E-state index in [2.05, 4.69) is 24.3 Å². The van der Waals surface area contributed by atoms with Crippen LogP contribution in [-0.4, -0.2) is 4.98 Å². The third-order valence-electron chi connectivity index (χ3n) is 4.99. The highest BCUT2D eigenvalue weighted by atomic mass is 32.1. The van der Waals surface area contributed by atoms with Gasteiger partial charge in [0.15, 0.2) is 0 Å². The van der Waals surface area contributed by atoms with Gasteiger partial charge in [-0.3, -0.25) is 0 Å². The molecular formula is C18H22N2S. The topological polar surface area (TPSA) is 38.9 Å². The summed E-state index contributed by atoms with van der Waals surface area (Å²) in [6.07, 6.45) is 9.56. The average molecular weight is 298 g/mol. The van der Waals surface area contributed by atoms with Gasteiger partial charge in [-0.1, -0.05) is 43.5 Å². The van der Waals surface area contributed by atoms with Crippen LogP contribution < -0.4 is 5.73 Å². The van der Waals surface area contributed by atoms with Crippen LogP contribution in [-0.2, 0) is 18.4 Å². The number of rotatable bonds is 1. The third-order valence-corrected chi connectivity index (χ3v) is 6.33. The Morgan fingerprint density at radius 1 is 1.00 bits per heavy atom. The predicted octanol–water partition coefficient (Wildman–Crippen LogP) is 4.42. The maximum atomic E-state index is 6.70. The average Bonchev–Trinajstić information content (AvgIpc) is 2.86. The van der Waals surface area contributed by atoms with E-state index in [1.54, 1.807) is 0 Å². The fourth-order valence-electron chi connectivity index (χ4n) is 3.75. The molecule has 1 aromatic carbocycles. The van der Waals surface area contributed by atoms with E-state index in [1.807, 2.05) is 11.3 Å². The van der Waals surface area contributed by atoms with Gasteiger partial charge in [-0.05, 0) is 37.7 Å². The highest BCUT2D eigenvalue weighted by Gasteiger charge is 2.34. The van der Waals surface area contributed by atoms with Crippen LogP contribution in [0.1, 0.15) is 54.0 Å². The molecular weight excluding hydrogens is 276 g/mol. The SMILES string of the molecule is NC1(c2nc3c(s2)CCCc2ccccc2-3)CCCCC1. The molecule has 1 saturated carbocycles. The maximum absolute atomic E-state index is 6.70. The van der Waals surface area contributed by atoms with Crippen molar-refractivity contribution in [2.45, 2.75) is 56.9 Å². The minimum Gasteiger partial charge on any atom is -0.319 e. The van der Waals surface area contributed by atoms with Crippen molar-refractivity contribution in [2.24, 2.45) is 5.73 Å². The van der Waals surface area contributed by atoms with E-state index >= 15 is 0 Å². The summed E-state index contributed by atoms with van der Waals surface area (Å²) >= 11 is 1.88. The van der Waals surface area contributed by atoms with Crippen molar-refractivity contribution < 1.29 is 0 Å². The van der Waals surface area contributed by atoms with Crippen molar-refractivity contribution in [2.75, 3.05) is 0 Å². The number of benzene rings is 1. The summed E-state index contributed by atoms with van der Waals surface area (Å²) in [6.45, 7) is 0. The van der Waals surface area contributed by atoms with Gasteiger partial charge in [0, 0.05) is 10.4 Å². The minimum atomic E-state index is -0.163. The molecule has 2 nitrogen and oxygen atoms in total. The lowest BCUT2D eigenvalue weighted by atomic mass is 9.83. The Kier molecular flexibility index (Phi) is 3.35.